The third kappa shape index (κ3) is 6.69. The second kappa shape index (κ2) is 11.1. The van der Waals surface area contributed by atoms with E-state index in [1.165, 1.54) is 17.1 Å². The predicted octanol–water partition coefficient (Wildman–Crippen LogP) is 3.86. The minimum Gasteiger partial charge on any atom is -0.397 e. The lowest BCUT2D eigenvalue weighted by molar-refractivity contribution is -0.732. The first-order chi connectivity index (χ1) is 17.3. The normalized spacial score (nSPS) is 12.2. The summed E-state index contributed by atoms with van der Waals surface area (Å²) in [7, 11) is 1.85. The van der Waals surface area contributed by atoms with Gasteiger partial charge in [0, 0.05) is 37.0 Å². The Hall–Kier alpha value is -3.83. The Bertz CT molecular complexity index is 1310. The molecule has 8 nitrogen and oxygen atoms in total. The van der Waals surface area contributed by atoms with Crippen LogP contribution in [0.4, 0.5) is 24.5 Å². The number of H-pyrrole nitrogens is 1. The fraction of sp³-hybridized carbons (Fsp3) is 0.308. The number of aryl methyl sites for hydroxylation is 2. The van der Waals surface area contributed by atoms with Crippen molar-refractivity contribution >= 4 is 23.0 Å². The SMILES string of the molecule is Cc1ccc(C(=O)Nc2ccc(CNC(C)C)c(C(F)(F)F)c2)cc1N(N)C=C(N)c1c[nH][n+](C)c1C. The fourth-order valence-corrected chi connectivity index (χ4v) is 3.74. The van der Waals surface area contributed by atoms with Crippen LogP contribution < -0.4 is 31.9 Å². The maximum absolute atomic E-state index is 13.7. The molecular formula is C26H33F3N7O+. The molecule has 0 aliphatic carbocycles. The first-order valence-corrected chi connectivity index (χ1v) is 11.7. The molecule has 7 N–H and O–H groups in total. The largest absolute Gasteiger partial charge is 0.416 e. The molecule has 2 aromatic carbocycles. The lowest BCUT2D eigenvalue weighted by atomic mass is 10.0. The van der Waals surface area contributed by atoms with Gasteiger partial charge in [-0.2, -0.15) is 18.3 Å². The molecule has 1 heterocycles. The fourth-order valence-electron chi connectivity index (χ4n) is 3.74. The van der Waals surface area contributed by atoms with Crippen LogP contribution in [0.5, 0.6) is 0 Å². The maximum atomic E-state index is 13.7. The number of carbonyl (C=O) groups excluding carboxylic acids is 1. The van der Waals surface area contributed by atoms with Crippen LogP contribution in [-0.4, -0.2) is 17.0 Å². The molecule has 0 fully saturated rings. The van der Waals surface area contributed by atoms with Crippen LogP contribution in [0.3, 0.4) is 0 Å². The number of nitrogens with zero attached hydrogens (tertiary/aromatic N) is 2. The van der Waals surface area contributed by atoms with Crippen molar-refractivity contribution in [2.45, 2.75) is 46.5 Å². The summed E-state index contributed by atoms with van der Waals surface area (Å²) in [5.41, 5.74) is 9.19. The molecule has 0 spiro atoms. The van der Waals surface area contributed by atoms with Crippen molar-refractivity contribution in [3.8, 4) is 0 Å². The van der Waals surface area contributed by atoms with Gasteiger partial charge in [-0.1, -0.05) is 26.0 Å². The second-order valence-electron chi connectivity index (χ2n) is 9.18. The number of benzene rings is 2. The van der Waals surface area contributed by atoms with Crippen molar-refractivity contribution in [2.24, 2.45) is 18.6 Å². The summed E-state index contributed by atoms with van der Waals surface area (Å²) < 4.78 is 42.8. The quantitative estimate of drug-likeness (QED) is 0.177. The van der Waals surface area contributed by atoms with Crippen LogP contribution in [0.2, 0.25) is 0 Å². The van der Waals surface area contributed by atoms with E-state index in [4.69, 9.17) is 11.6 Å². The van der Waals surface area contributed by atoms with E-state index in [9.17, 15) is 18.0 Å². The molecule has 1 aromatic heterocycles. The van der Waals surface area contributed by atoms with Crippen LogP contribution in [0, 0.1) is 13.8 Å². The summed E-state index contributed by atoms with van der Waals surface area (Å²) in [6.45, 7) is 7.49. The summed E-state index contributed by atoms with van der Waals surface area (Å²) >= 11 is 0. The van der Waals surface area contributed by atoms with E-state index in [0.29, 0.717) is 11.4 Å². The average molecular weight is 517 g/mol. The number of aromatic amines is 1. The first-order valence-electron chi connectivity index (χ1n) is 11.7. The highest BCUT2D eigenvalue weighted by atomic mass is 19.4. The summed E-state index contributed by atoms with van der Waals surface area (Å²) in [6, 6.07) is 8.64. The number of nitrogens with two attached hydrogens (primary N) is 2. The molecule has 37 heavy (non-hydrogen) atoms. The summed E-state index contributed by atoms with van der Waals surface area (Å²) in [6.07, 6.45) is -1.27. The molecule has 3 aromatic rings. The van der Waals surface area contributed by atoms with Crippen LogP contribution in [-0.2, 0) is 19.8 Å². The molecule has 0 unspecified atom stereocenters. The minimum absolute atomic E-state index is 0.0264. The predicted molar refractivity (Wildman–Crippen MR) is 138 cm³/mol. The molecule has 0 bridgehead atoms. The molecule has 0 aliphatic heterocycles. The number of anilines is 2. The van der Waals surface area contributed by atoms with Crippen molar-refractivity contribution < 1.29 is 22.6 Å². The molecular weight excluding hydrogens is 483 g/mol. The molecule has 0 aliphatic rings. The Balaban J connectivity index is 1.84. The lowest BCUT2D eigenvalue weighted by Gasteiger charge is -2.19. The standard InChI is InChI=1S/C26H32F3N7O/c1-15(2)32-12-19-8-9-20(11-22(19)26(27,28)29)34-25(37)18-7-6-16(3)24(10-18)36(31)14-23(30)21-13-33-35(5)17(21)4/h6-11,13-15,32H,12,30-31H2,1-5H3,(H,34,37)/p+1. The number of amides is 1. The van der Waals surface area contributed by atoms with E-state index >= 15 is 0 Å². The third-order valence-electron chi connectivity index (χ3n) is 6.01. The van der Waals surface area contributed by atoms with E-state index in [1.54, 1.807) is 30.6 Å². The highest BCUT2D eigenvalue weighted by Gasteiger charge is 2.33. The number of hydrazine groups is 1. The third-order valence-corrected chi connectivity index (χ3v) is 6.01. The van der Waals surface area contributed by atoms with E-state index < -0.39 is 17.6 Å². The van der Waals surface area contributed by atoms with E-state index in [0.717, 1.165) is 22.9 Å². The first kappa shape index (κ1) is 27.8. The van der Waals surface area contributed by atoms with Crippen molar-refractivity contribution in [1.82, 2.24) is 10.4 Å². The summed E-state index contributed by atoms with van der Waals surface area (Å²) in [4.78, 5) is 12.9. The maximum Gasteiger partial charge on any atom is 0.416 e. The van der Waals surface area contributed by atoms with Gasteiger partial charge in [-0.3, -0.25) is 9.80 Å². The number of nitrogens with one attached hydrogen (secondary N) is 3. The van der Waals surface area contributed by atoms with Gasteiger partial charge >= 0.3 is 6.18 Å². The summed E-state index contributed by atoms with van der Waals surface area (Å²) in [5, 5.41) is 9.89. The van der Waals surface area contributed by atoms with Crippen LogP contribution in [0.25, 0.3) is 5.70 Å². The van der Waals surface area contributed by atoms with Gasteiger partial charge in [-0.05, 0) is 42.3 Å². The van der Waals surface area contributed by atoms with Crippen LogP contribution in [0.15, 0.2) is 48.8 Å². The average Bonchev–Trinajstić information content (AvgIpc) is 3.15. The van der Waals surface area contributed by atoms with E-state index in [1.807, 2.05) is 39.4 Å². The molecule has 0 radical (unpaired) electrons. The van der Waals surface area contributed by atoms with Crippen molar-refractivity contribution in [3.05, 3.63) is 82.3 Å². The number of aromatic nitrogens is 2. The van der Waals surface area contributed by atoms with Gasteiger partial charge < -0.3 is 16.4 Å². The van der Waals surface area contributed by atoms with Gasteiger partial charge in [0.15, 0.2) is 7.05 Å². The van der Waals surface area contributed by atoms with Gasteiger partial charge in [-0.15, -0.1) is 4.68 Å². The number of rotatable bonds is 8. The number of hydrogen-bond acceptors (Lipinski definition) is 5. The van der Waals surface area contributed by atoms with Crippen molar-refractivity contribution in [1.29, 1.82) is 0 Å². The molecule has 3 rings (SSSR count). The van der Waals surface area contributed by atoms with Gasteiger partial charge in [0.25, 0.3) is 5.91 Å². The summed E-state index contributed by atoms with van der Waals surface area (Å²) in [5.74, 6) is 5.68. The van der Waals surface area contributed by atoms with E-state index in [-0.39, 0.29) is 29.4 Å². The molecule has 0 saturated carbocycles. The Morgan fingerprint density at radius 3 is 2.49 bits per heavy atom. The highest BCUT2D eigenvalue weighted by Crippen LogP contribution is 2.34. The van der Waals surface area contributed by atoms with E-state index in [2.05, 4.69) is 15.7 Å². The van der Waals surface area contributed by atoms with Gasteiger partial charge in [0.1, 0.15) is 0 Å². The topological polar surface area (TPSA) is 116 Å². The zero-order valence-electron chi connectivity index (χ0n) is 21.5. The Labute approximate surface area is 214 Å². The Kier molecular flexibility index (Phi) is 8.29. The van der Waals surface area contributed by atoms with Gasteiger partial charge in [0.2, 0.25) is 5.69 Å². The molecule has 0 saturated heterocycles. The van der Waals surface area contributed by atoms with Crippen molar-refractivity contribution in [2.75, 3.05) is 10.3 Å². The zero-order valence-corrected chi connectivity index (χ0v) is 21.5. The Morgan fingerprint density at radius 1 is 1.19 bits per heavy atom. The smallest absolute Gasteiger partial charge is 0.397 e. The van der Waals surface area contributed by atoms with Crippen LogP contribution >= 0.6 is 0 Å². The van der Waals surface area contributed by atoms with Crippen LogP contribution in [0.1, 0.15) is 52.2 Å². The number of hydrogen-bond donors (Lipinski definition) is 5. The highest BCUT2D eigenvalue weighted by molar-refractivity contribution is 6.05. The molecule has 1 amide bonds. The number of carbonyl (C=O) groups is 1. The number of alkyl halides is 3. The zero-order chi connectivity index (χ0) is 27.5. The number of halogens is 3. The molecule has 198 valence electrons. The van der Waals surface area contributed by atoms with Crippen molar-refractivity contribution in [3.63, 3.8) is 0 Å². The Morgan fingerprint density at radius 2 is 1.89 bits per heavy atom. The molecule has 0 atom stereocenters. The monoisotopic (exact) mass is 516 g/mol. The lowest BCUT2D eigenvalue weighted by Crippen LogP contribution is -2.33. The van der Waals surface area contributed by atoms with Gasteiger partial charge in [-0.25, -0.2) is 5.84 Å². The van der Waals surface area contributed by atoms with Gasteiger partial charge in [0.05, 0.1) is 28.7 Å². The second-order valence-corrected chi connectivity index (χ2v) is 9.18. The molecule has 11 heteroatoms. The minimum atomic E-state index is -4.56.